The highest BCUT2D eigenvalue weighted by atomic mass is 14.2. The van der Waals surface area contributed by atoms with E-state index in [-0.39, 0.29) is 0 Å². The highest BCUT2D eigenvalue weighted by Gasteiger charge is 2.14. The van der Waals surface area contributed by atoms with Crippen LogP contribution >= 0.6 is 0 Å². The Kier molecular flexibility index (Phi) is 14.3. The molecule has 0 radical (unpaired) electrons. The SMILES string of the molecule is C=CC(C)CCC(CCC(C)CCCC(C)C)/C(C)=C/CCC(C)C. The van der Waals surface area contributed by atoms with Crippen molar-refractivity contribution in [3.05, 3.63) is 24.3 Å². The van der Waals surface area contributed by atoms with Crippen molar-refractivity contribution in [2.24, 2.45) is 29.6 Å². The molecule has 0 aromatic rings. The van der Waals surface area contributed by atoms with E-state index in [1.54, 1.807) is 5.57 Å². The van der Waals surface area contributed by atoms with Crippen LogP contribution in [0.4, 0.5) is 0 Å². The standard InChI is InChI=1S/C25H48/c1-9-22(6)16-18-25(24(8)15-11-13-21(4)5)19-17-23(7)14-10-12-20(2)3/h9,15,20-23,25H,1,10-14,16-19H2,2-8H3/b24-15+. The molecule has 0 heterocycles. The molecule has 0 spiro atoms. The van der Waals surface area contributed by atoms with Crippen LogP contribution < -0.4 is 0 Å². The smallest absolute Gasteiger partial charge is 0.0206 e. The Morgan fingerprint density at radius 1 is 0.760 bits per heavy atom. The molecule has 0 rings (SSSR count). The minimum Gasteiger partial charge on any atom is -0.103 e. The van der Waals surface area contributed by atoms with E-state index < -0.39 is 0 Å². The molecule has 148 valence electrons. The molecule has 0 amide bonds. The van der Waals surface area contributed by atoms with E-state index in [1.165, 1.54) is 57.8 Å². The lowest BCUT2D eigenvalue weighted by atomic mass is 9.84. The summed E-state index contributed by atoms with van der Waals surface area (Å²) in [6.07, 6.45) is 16.8. The van der Waals surface area contributed by atoms with Gasteiger partial charge in [-0.15, -0.1) is 6.58 Å². The highest BCUT2D eigenvalue weighted by molar-refractivity contribution is 5.04. The second kappa shape index (κ2) is 14.6. The Labute approximate surface area is 160 Å². The predicted molar refractivity (Wildman–Crippen MR) is 117 cm³/mol. The number of rotatable bonds is 15. The molecular weight excluding hydrogens is 300 g/mol. The first kappa shape index (κ1) is 24.5. The molecule has 0 saturated heterocycles. The zero-order chi connectivity index (χ0) is 19.2. The molecule has 0 aliphatic carbocycles. The zero-order valence-electron chi connectivity index (χ0n) is 18.6. The Hall–Kier alpha value is -0.520. The van der Waals surface area contributed by atoms with Crippen LogP contribution in [0.3, 0.4) is 0 Å². The largest absolute Gasteiger partial charge is 0.103 e. The maximum atomic E-state index is 3.96. The first-order chi connectivity index (χ1) is 11.8. The maximum absolute atomic E-state index is 3.96. The van der Waals surface area contributed by atoms with Gasteiger partial charge in [-0.2, -0.15) is 0 Å². The van der Waals surface area contributed by atoms with Gasteiger partial charge in [-0.05, 0) is 68.6 Å². The molecule has 3 unspecified atom stereocenters. The van der Waals surface area contributed by atoms with Gasteiger partial charge in [0.2, 0.25) is 0 Å². The van der Waals surface area contributed by atoms with Crippen LogP contribution in [0.15, 0.2) is 24.3 Å². The summed E-state index contributed by atoms with van der Waals surface area (Å²) in [5.74, 6) is 3.97. The van der Waals surface area contributed by atoms with Gasteiger partial charge in [-0.25, -0.2) is 0 Å². The average molecular weight is 349 g/mol. The van der Waals surface area contributed by atoms with Gasteiger partial charge < -0.3 is 0 Å². The molecular formula is C25H48. The quantitative estimate of drug-likeness (QED) is 0.259. The molecule has 0 heteroatoms. The van der Waals surface area contributed by atoms with Crippen molar-refractivity contribution in [3.63, 3.8) is 0 Å². The highest BCUT2D eigenvalue weighted by Crippen LogP contribution is 2.28. The summed E-state index contributed by atoms with van der Waals surface area (Å²) in [5, 5.41) is 0. The lowest BCUT2D eigenvalue weighted by Crippen LogP contribution is -2.08. The molecule has 0 fully saturated rings. The molecule has 25 heavy (non-hydrogen) atoms. The predicted octanol–water partition coefficient (Wildman–Crippen LogP) is 8.83. The molecule has 0 bridgehead atoms. The molecule has 0 N–H and O–H groups in total. The van der Waals surface area contributed by atoms with Crippen LogP contribution in [-0.2, 0) is 0 Å². The average Bonchev–Trinajstić information content (AvgIpc) is 2.53. The van der Waals surface area contributed by atoms with E-state index in [4.69, 9.17) is 0 Å². The minimum atomic E-state index is 0.648. The van der Waals surface area contributed by atoms with Gasteiger partial charge in [0.05, 0.1) is 0 Å². The number of hydrogen-bond donors (Lipinski definition) is 0. The molecule has 0 saturated carbocycles. The molecule has 0 nitrogen and oxygen atoms in total. The fourth-order valence-corrected chi connectivity index (χ4v) is 3.50. The van der Waals surface area contributed by atoms with Crippen LogP contribution in [-0.4, -0.2) is 0 Å². The Bertz CT molecular complexity index is 347. The van der Waals surface area contributed by atoms with Gasteiger partial charge in [0.25, 0.3) is 0 Å². The Morgan fingerprint density at radius 3 is 1.92 bits per heavy atom. The van der Waals surface area contributed by atoms with Gasteiger partial charge >= 0.3 is 0 Å². The summed E-state index contributed by atoms with van der Waals surface area (Å²) in [6.45, 7) is 20.4. The van der Waals surface area contributed by atoms with Crippen molar-refractivity contribution in [3.8, 4) is 0 Å². The Morgan fingerprint density at radius 2 is 1.36 bits per heavy atom. The third-order valence-electron chi connectivity index (χ3n) is 5.71. The summed E-state index contributed by atoms with van der Waals surface area (Å²) in [4.78, 5) is 0. The van der Waals surface area contributed by atoms with Crippen LogP contribution in [0.5, 0.6) is 0 Å². The van der Waals surface area contributed by atoms with Gasteiger partial charge in [-0.1, -0.05) is 85.0 Å². The van der Waals surface area contributed by atoms with Crippen LogP contribution in [0.1, 0.15) is 106 Å². The van der Waals surface area contributed by atoms with E-state index in [0.29, 0.717) is 5.92 Å². The first-order valence-electron chi connectivity index (χ1n) is 11.0. The summed E-state index contributed by atoms with van der Waals surface area (Å²) in [7, 11) is 0. The van der Waals surface area contributed by atoms with Gasteiger partial charge in [0, 0.05) is 0 Å². The van der Waals surface area contributed by atoms with Gasteiger partial charge in [-0.3, -0.25) is 0 Å². The zero-order valence-corrected chi connectivity index (χ0v) is 18.6. The maximum Gasteiger partial charge on any atom is -0.0206 e. The van der Waals surface area contributed by atoms with Crippen molar-refractivity contribution in [2.45, 2.75) is 106 Å². The van der Waals surface area contributed by atoms with E-state index in [2.05, 4.69) is 67.2 Å². The topological polar surface area (TPSA) is 0 Å². The van der Waals surface area contributed by atoms with E-state index in [9.17, 15) is 0 Å². The summed E-state index contributed by atoms with van der Waals surface area (Å²) in [6, 6.07) is 0. The van der Waals surface area contributed by atoms with Crippen molar-refractivity contribution in [1.29, 1.82) is 0 Å². The second-order valence-corrected chi connectivity index (χ2v) is 9.41. The van der Waals surface area contributed by atoms with Crippen LogP contribution in [0.2, 0.25) is 0 Å². The normalized spacial score (nSPS) is 16.3. The fraction of sp³-hybridized carbons (Fsp3) is 0.840. The second-order valence-electron chi connectivity index (χ2n) is 9.41. The minimum absolute atomic E-state index is 0.648. The molecule has 0 aromatic carbocycles. The summed E-state index contributed by atoms with van der Waals surface area (Å²) in [5.41, 5.74) is 1.64. The van der Waals surface area contributed by atoms with Crippen molar-refractivity contribution >= 4 is 0 Å². The van der Waals surface area contributed by atoms with E-state index in [1.807, 2.05) is 0 Å². The summed E-state index contributed by atoms with van der Waals surface area (Å²) < 4.78 is 0. The third kappa shape index (κ3) is 14.3. The van der Waals surface area contributed by atoms with Gasteiger partial charge in [0.1, 0.15) is 0 Å². The number of hydrogen-bond acceptors (Lipinski definition) is 0. The molecule has 0 aromatic heterocycles. The molecule has 0 aliphatic rings. The van der Waals surface area contributed by atoms with Crippen LogP contribution in [0.25, 0.3) is 0 Å². The summed E-state index contributed by atoms with van der Waals surface area (Å²) >= 11 is 0. The third-order valence-corrected chi connectivity index (χ3v) is 5.71. The lowest BCUT2D eigenvalue weighted by Gasteiger charge is -2.22. The van der Waals surface area contributed by atoms with E-state index >= 15 is 0 Å². The molecule has 0 aliphatic heterocycles. The monoisotopic (exact) mass is 348 g/mol. The molecule has 3 atom stereocenters. The van der Waals surface area contributed by atoms with E-state index in [0.717, 1.165) is 23.7 Å². The Balaban J connectivity index is 4.48. The van der Waals surface area contributed by atoms with Crippen molar-refractivity contribution < 1.29 is 0 Å². The van der Waals surface area contributed by atoms with Crippen molar-refractivity contribution in [2.75, 3.05) is 0 Å². The van der Waals surface area contributed by atoms with Gasteiger partial charge in [0.15, 0.2) is 0 Å². The number of allylic oxidation sites excluding steroid dienone is 3. The fourth-order valence-electron chi connectivity index (χ4n) is 3.50. The lowest BCUT2D eigenvalue weighted by molar-refractivity contribution is 0.377. The van der Waals surface area contributed by atoms with Crippen LogP contribution in [0, 0.1) is 29.6 Å². The first-order valence-corrected chi connectivity index (χ1v) is 11.0. The van der Waals surface area contributed by atoms with Crippen molar-refractivity contribution in [1.82, 2.24) is 0 Å².